The molecule has 1 unspecified atom stereocenters. The maximum Gasteiger partial charge on any atom is 0.253 e. The molecular weight excluding hydrogens is 304 g/mol. The lowest BCUT2D eigenvalue weighted by atomic mass is 9.93. The van der Waals surface area contributed by atoms with Gasteiger partial charge in [0.1, 0.15) is 0 Å². The monoisotopic (exact) mass is 330 g/mol. The SMILES string of the molecule is O=C(c1ccccc1)N1CCCC(C(=O)N2CCC(CO)CC2)C1. The van der Waals surface area contributed by atoms with E-state index in [0.717, 1.165) is 45.3 Å². The minimum atomic E-state index is -0.0860. The predicted molar refractivity (Wildman–Crippen MR) is 91.5 cm³/mol. The zero-order valence-electron chi connectivity index (χ0n) is 14.1. The topological polar surface area (TPSA) is 60.9 Å². The molecule has 2 aliphatic heterocycles. The van der Waals surface area contributed by atoms with Crippen LogP contribution in [0.3, 0.4) is 0 Å². The Morgan fingerprint density at radius 3 is 2.38 bits per heavy atom. The van der Waals surface area contributed by atoms with E-state index in [2.05, 4.69) is 0 Å². The van der Waals surface area contributed by atoms with Crippen molar-refractivity contribution in [2.75, 3.05) is 32.8 Å². The van der Waals surface area contributed by atoms with Gasteiger partial charge in [-0.25, -0.2) is 0 Å². The van der Waals surface area contributed by atoms with Crippen molar-refractivity contribution in [1.29, 1.82) is 0 Å². The largest absolute Gasteiger partial charge is 0.396 e. The number of amides is 2. The van der Waals surface area contributed by atoms with Crippen molar-refractivity contribution >= 4 is 11.8 Å². The molecule has 2 fully saturated rings. The van der Waals surface area contributed by atoms with Crippen molar-refractivity contribution in [2.45, 2.75) is 25.7 Å². The van der Waals surface area contributed by atoms with Crippen LogP contribution in [0.1, 0.15) is 36.0 Å². The normalized spacial score (nSPS) is 22.5. The van der Waals surface area contributed by atoms with Gasteiger partial charge in [0.15, 0.2) is 0 Å². The van der Waals surface area contributed by atoms with Gasteiger partial charge < -0.3 is 14.9 Å². The van der Waals surface area contributed by atoms with Crippen LogP contribution in [0.5, 0.6) is 0 Å². The molecule has 1 N–H and O–H groups in total. The highest BCUT2D eigenvalue weighted by Gasteiger charge is 2.33. The number of hydrogen-bond donors (Lipinski definition) is 1. The molecule has 0 aliphatic carbocycles. The Morgan fingerprint density at radius 1 is 1.00 bits per heavy atom. The number of aliphatic hydroxyl groups excluding tert-OH is 1. The van der Waals surface area contributed by atoms with E-state index in [1.54, 1.807) is 0 Å². The molecule has 2 saturated heterocycles. The highest BCUT2D eigenvalue weighted by atomic mass is 16.3. The summed E-state index contributed by atoms with van der Waals surface area (Å²) in [4.78, 5) is 29.1. The van der Waals surface area contributed by atoms with E-state index in [1.807, 2.05) is 40.1 Å². The first-order valence-corrected chi connectivity index (χ1v) is 8.93. The van der Waals surface area contributed by atoms with Crippen LogP contribution < -0.4 is 0 Å². The number of aliphatic hydroxyl groups is 1. The number of benzene rings is 1. The van der Waals surface area contributed by atoms with E-state index in [1.165, 1.54) is 0 Å². The molecule has 2 aliphatic rings. The second-order valence-corrected chi connectivity index (χ2v) is 6.91. The van der Waals surface area contributed by atoms with Crippen LogP contribution >= 0.6 is 0 Å². The molecule has 0 spiro atoms. The fourth-order valence-corrected chi connectivity index (χ4v) is 3.72. The summed E-state index contributed by atoms with van der Waals surface area (Å²) in [6.07, 6.45) is 3.49. The van der Waals surface area contributed by atoms with Crippen LogP contribution in [0.25, 0.3) is 0 Å². The maximum absolute atomic E-state index is 12.8. The third-order valence-corrected chi connectivity index (χ3v) is 5.26. The fourth-order valence-electron chi connectivity index (χ4n) is 3.72. The zero-order chi connectivity index (χ0) is 16.9. The van der Waals surface area contributed by atoms with Gasteiger partial charge >= 0.3 is 0 Å². The summed E-state index contributed by atoms with van der Waals surface area (Å²) >= 11 is 0. The quantitative estimate of drug-likeness (QED) is 0.919. The van der Waals surface area contributed by atoms with Crippen molar-refractivity contribution < 1.29 is 14.7 Å². The molecule has 0 saturated carbocycles. The van der Waals surface area contributed by atoms with Crippen molar-refractivity contribution in [3.05, 3.63) is 35.9 Å². The van der Waals surface area contributed by atoms with Gasteiger partial charge in [-0.1, -0.05) is 18.2 Å². The van der Waals surface area contributed by atoms with Crippen molar-refractivity contribution in [2.24, 2.45) is 11.8 Å². The van der Waals surface area contributed by atoms with E-state index in [4.69, 9.17) is 0 Å². The predicted octanol–water partition coefficient (Wildman–Crippen LogP) is 1.77. The lowest BCUT2D eigenvalue weighted by molar-refractivity contribution is -0.138. The van der Waals surface area contributed by atoms with Crippen LogP contribution in [-0.4, -0.2) is 59.5 Å². The Morgan fingerprint density at radius 2 is 1.71 bits per heavy atom. The van der Waals surface area contributed by atoms with Gasteiger partial charge in [-0.3, -0.25) is 9.59 Å². The van der Waals surface area contributed by atoms with Gasteiger partial charge in [-0.05, 0) is 43.7 Å². The molecule has 5 heteroatoms. The first kappa shape index (κ1) is 17.0. The molecule has 1 aromatic carbocycles. The Kier molecular flexibility index (Phi) is 5.51. The first-order chi connectivity index (χ1) is 11.7. The average Bonchev–Trinajstić information content (AvgIpc) is 2.67. The van der Waals surface area contributed by atoms with E-state index in [9.17, 15) is 14.7 Å². The Hall–Kier alpha value is -1.88. The molecule has 0 radical (unpaired) electrons. The third-order valence-electron chi connectivity index (χ3n) is 5.26. The summed E-state index contributed by atoms with van der Waals surface area (Å²) in [7, 11) is 0. The first-order valence-electron chi connectivity index (χ1n) is 8.93. The van der Waals surface area contributed by atoms with Gasteiger partial charge in [0, 0.05) is 38.3 Å². The molecule has 0 aromatic heterocycles. The molecule has 1 atom stereocenters. The van der Waals surface area contributed by atoms with Gasteiger partial charge in [-0.15, -0.1) is 0 Å². The van der Waals surface area contributed by atoms with E-state index in [-0.39, 0.29) is 24.3 Å². The number of nitrogens with zero attached hydrogens (tertiary/aromatic N) is 2. The number of piperidine rings is 2. The number of carbonyl (C=O) groups excluding carboxylic acids is 2. The van der Waals surface area contributed by atoms with Gasteiger partial charge in [0.25, 0.3) is 5.91 Å². The average molecular weight is 330 g/mol. The fraction of sp³-hybridized carbons (Fsp3) is 0.579. The van der Waals surface area contributed by atoms with E-state index in [0.29, 0.717) is 18.0 Å². The van der Waals surface area contributed by atoms with Gasteiger partial charge in [0.2, 0.25) is 5.91 Å². The summed E-state index contributed by atoms with van der Waals surface area (Å²) in [6, 6.07) is 9.28. The Labute approximate surface area is 143 Å². The molecule has 24 heavy (non-hydrogen) atoms. The smallest absolute Gasteiger partial charge is 0.253 e. The number of hydrogen-bond acceptors (Lipinski definition) is 3. The molecule has 2 amide bonds. The summed E-state index contributed by atoms with van der Waals surface area (Å²) in [5.74, 6) is 0.442. The number of carbonyl (C=O) groups is 2. The van der Waals surface area contributed by atoms with Crippen molar-refractivity contribution in [1.82, 2.24) is 9.80 Å². The minimum Gasteiger partial charge on any atom is -0.396 e. The van der Waals surface area contributed by atoms with Gasteiger partial charge in [-0.2, -0.15) is 0 Å². The summed E-state index contributed by atoms with van der Waals surface area (Å²) in [5.41, 5.74) is 0.689. The van der Waals surface area contributed by atoms with Gasteiger partial charge in [0.05, 0.1) is 5.92 Å². The Bertz CT molecular complexity index is 567. The summed E-state index contributed by atoms with van der Waals surface area (Å²) in [5, 5.41) is 9.22. The molecule has 0 bridgehead atoms. The standard InChI is InChI=1S/C19H26N2O3/c22-14-15-8-11-20(12-9-15)19(24)17-7-4-10-21(13-17)18(23)16-5-2-1-3-6-16/h1-3,5-6,15,17,22H,4,7-14H2. The minimum absolute atomic E-state index is 0.0205. The molecule has 3 rings (SSSR count). The van der Waals surface area contributed by atoms with Crippen LogP contribution in [0.15, 0.2) is 30.3 Å². The van der Waals surface area contributed by atoms with Crippen LogP contribution in [0.4, 0.5) is 0 Å². The van der Waals surface area contributed by atoms with Crippen LogP contribution in [-0.2, 0) is 4.79 Å². The number of rotatable bonds is 3. The molecule has 130 valence electrons. The van der Waals surface area contributed by atoms with Crippen LogP contribution in [0.2, 0.25) is 0 Å². The zero-order valence-corrected chi connectivity index (χ0v) is 14.1. The number of likely N-dealkylation sites (tertiary alicyclic amines) is 2. The van der Waals surface area contributed by atoms with Crippen molar-refractivity contribution in [3.63, 3.8) is 0 Å². The molecule has 1 aromatic rings. The second-order valence-electron chi connectivity index (χ2n) is 6.91. The third kappa shape index (κ3) is 3.78. The molecule has 2 heterocycles. The second kappa shape index (κ2) is 7.79. The summed E-state index contributed by atoms with van der Waals surface area (Å²) in [6.45, 7) is 2.92. The maximum atomic E-state index is 12.8. The van der Waals surface area contributed by atoms with E-state index >= 15 is 0 Å². The Balaban J connectivity index is 1.59. The summed E-state index contributed by atoms with van der Waals surface area (Å²) < 4.78 is 0. The highest BCUT2D eigenvalue weighted by Crippen LogP contribution is 2.24. The molecule has 5 nitrogen and oxygen atoms in total. The molecular formula is C19H26N2O3. The van der Waals surface area contributed by atoms with Crippen LogP contribution in [0, 0.1) is 11.8 Å². The van der Waals surface area contributed by atoms with Crippen molar-refractivity contribution in [3.8, 4) is 0 Å². The lowest BCUT2D eigenvalue weighted by Crippen LogP contribution is -2.48. The lowest BCUT2D eigenvalue weighted by Gasteiger charge is -2.37. The van der Waals surface area contributed by atoms with E-state index < -0.39 is 0 Å². The highest BCUT2D eigenvalue weighted by molar-refractivity contribution is 5.94.